The Bertz CT molecular complexity index is 854. The molecule has 134 valence electrons. The maximum Gasteiger partial charge on any atom is 0.326 e. The van der Waals surface area contributed by atoms with E-state index in [9.17, 15) is 13.2 Å². The molecule has 0 aliphatic carbocycles. The summed E-state index contributed by atoms with van der Waals surface area (Å²) in [4.78, 5) is 19.1. The van der Waals surface area contributed by atoms with E-state index in [1.165, 1.54) is 6.26 Å². The van der Waals surface area contributed by atoms with Crippen LogP contribution in [0, 0.1) is 0 Å². The first-order valence-electron chi connectivity index (χ1n) is 7.95. The van der Waals surface area contributed by atoms with Crippen molar-refractivity contribution in [2.45, 2.75) is 32.7 Å². The van der Waals surface area contributed by atoms with E-state index in [1.54, 1.807) is 4.57 Å². The van der Waals surface area contributed by atoms with Gasteiger partial charge in [-0.15, -0.1) is 0 Å². The lowest BCUT2D eigenvalue weighted by Gasteiger charge is -2.07. The Labute approximate surface area is 140 Å². The molecule has 0 spiro atoms. The number of hydrogen-bond acceptors (Lipinski definition) is 6. The first-order valence-corrected chi connectivity index (χ1v) is 10.0. The van der Waals surface area contributed by atoms with Crippen molar-refractivity contribution in [3.63, 3.8) is 0 Å². The summed E-state index contributed by atoms with van der Waals surface area (Å²) in [6, 6.07) is 1.83. The van der Waals surface area contributed by atoms with Gasteiger partial charge < -0.3 is 15.5 Å². The van der Waals surface area contributed by atoms with Gasteiger partial charge in [0.05, 0.1) is 12.1 Å². The number of rotatable bonds is 9. The standard InChI is InChI=1S/C15H24N4O4S/c1-3-23-8-6-11-10-12-13(14(16)17-11)18-15(20)19(12)7-4-5-9-24(2,21)22/h10H,3-9H2,1-2H3,(H2,16,17)(H,18,20). The topological polar surface area (TPSA) is 120 Å². The van der Waals surface area contributed by atoms with Crippen LogP contribution in [0.1, 0.15) is 25.5 Å². The second-order valence-electron chi connectivity index (χ2n) is 5.76. The van der Waals surface area contributed by atoms with Crippen LogP contribution in [0.5, 0.6) is 0 Å². The fourth-order valence-corrected chi connectivity index (χ4v) is 3.26. The normalized spacial score (nSPS) is 12.1. The summed E-state index contributed by atoms with van der Waals surface area (Å²) in [6.07, 6.45) is 2.93. The van der Waals surface area contributed by atoms with Crippen LogP contribution in [-0.4, -0.2) is 48.2 Å². The lowest BCUT2D eigenvalue weighted by atomic mass is 10.2. The number of hydrogen-bond donors (Lipinski definition) is 2. The third-order valence-corrected chi connectivity index (χ3v) is 4.73. The number of aromatic nitrogens is 3. The van der Waals surface area contributed by atoms with Gasteiger partial charge in [0.15, 0.2) is 0 Å². The lowest BCUT2D eigenvalue weighted by Crippen LogP contribution is -2.17. The molecule has 0 radical (unpaired) electrons. The maximum absolute atomic E-state index is 12.1. The zero-order valence-corrected chi connectivity index (χ0v) is 14.9. The molecule has 0 aromatic carbocycles. The van der Waals surface area contributed by atoms with Crippen LogP contribution in [0.2, 0.25) is 0 Å². The highest BCUT2D eigenvalue weighted by atomic mass is 32.2. The van der Waals surface area contributed by atoms with Crippen LogP contribution in [0.4, 0.5) is 5.82 Å². The van der Waals surface area contributed by atoms with Crippen molar-refractivity contribution in [1.82, 2.24) is 14.5 Å². The zero-order valence-electron chi connectivity index (χ0n) is 14.0. The fourth-order valence-electron chi connectivity index (χ4n) is 2.53. The molecule has 9 heteroatoms. The van der Waals surface area contributed by atoms with Gasteiger partial charge in [0.1, 0.15) is 21.2 Å². The Morgan fingerprint density at radius 1 is 1.38 bits per heavy atom. The maximum atomic E-state index is 12.1. The van der Waals surface area contributed by atoms with Gasteiger partial charge in [-0.2, -0.15) is 0 Å². The number of sulfone groups is 1. The zero-order chi connectivity index (χ0) is 17.7. The molecule has 2 aromatic rings. The summed E-state index contributed by atoms with van der Waals surface area (Å²) in [7, 11) is -2.98. The number of nitrogen functional groups attached to an aromatic ring is 1. The predicted octanol–water partition coefficient (Wildman–Crippen LogP) is 0.711. The number of nitrogens with two attached hydrogens (primary N) is 1. The summed E-state index contributed by atoms with van der Waals surface area (Å²) in [6.45, 7) is 3.53. The number of H-pyrrole nitrogens is 1. The summed E-state index contributed by atoms with van der Waals surface area (Å²) in [5.74, 6) is 0.402. The molecule has 2 rings (SSSR count). The SMILES string of the molecule is CCOCCc1cc2c([nH]c(=O)n2CCCCS(C)(=O)=O)c(N)n1. The monoisotopic (exact) mass is 356 g/mol. The van der Waals surface area contributed by atoms with Crippen LogP contribution in [-0.2, 0) is 27.5 Å². The number of anilines is 1. The fraction of sp³-hybridized carbons (Fsp3) is 0.600. The van der Waals surface area contributed by atoms with Gasteiger partial charge in [0.2, 0.25) is 0 Å². The van der Waals surface area contributed by atoms with Gasteiger partial charge in [0, 0.05) is 37.3 Å². The van der Waals surface area contributed by atoms with Crippen molar-refractivity contribution in [3.8, 4) is 0 Å². The average molecular weight is 356 g/mol. The number of nitrogens with one attached hydrogen (secondary N) is 1. The largest absolute Gasteiger partial charge is 0.382 e. The molecule has 2 heterocycles. The van der Waals surface area contributed by atoms with E-state index in [1.807, 2.05) is 13.0 Å². The quantitative estimate of drug-likeness (QED) is 0.639. The molecule has 3 N–H and O–H groups in total. The smallest absolute Gasteiger partial charge is 0.326 e. The number of unbranched alkanes of at least 4 members (excludes halogenated alkanes) is 1. The summed E-state index contributed by atoms with van der Waals surface area (Å²) in [5.41, 5.74) is 7.65. The summed E-state index contributed by atoms with van der Waals surface area (Å²) < 4.78 is 29.3. The van der Waals surface area contributed by atoms with E-state index in [2.05, 4.69) is 9.97 Å². The van der Waals surface area contributed by atoms with Crippen molar-refractivity contribution < 1.29 is 13.2 Å². The van der Waals surface area contributed by atoms with Crippen molar-refractivity contribution in [2.75, 3.05) is 31.0 Å². The van der Waals surface area contributed by atoms with Crippen molar-refractivity contribution >= 4 is 26.7 Å². The van der Waals surface area contributed by atoms with Gasteiger partial charge in [0.25, 0.3) is 0 Å². The molecule has 0 aliphatic rings. The Morgan fingerprint density at radius 3 is 2.79 bits per heavy atom. The molecule has 2 aromatic heterocycles. The molecule has 0 fully saturated rings. The first kappa shape index (κ1) is 18.5. The van der Waals surface area contributed by atoms with E-state index in [0.717, 1.165) is 5.69 Å². The van der Waals surface area contributed by atoms with E-state index >= 15 is 0 Å². The van der Waals surface area contributed by atoms with Crippen LogP contribution < -0.4 is 11.4 Å². The van der Waals surface area contributed by atoms with Crippen molar-refractivity contribution in [1.29, 1.82) is 0 Å². The minimum Gasteiger partial charge on any atom is -0.382 e. The highest BCUT2D eigenvalue weighted by Gasteiger charge is 2.12. The molecular weight excluding hydrogens is 332 g/mol. The Balaban J connectivity index is 2.19. The van der Waals surface area contributed by atoms with Gasteiger partial charge in [-0.3, -0.25) is 4.57 Å². The highest BCUT2D eigenvalue weighted by molar-refractivity contribution is 7.90. The number of imidazole rings is 1. The van der Waals surface area contributed by atoms with Gasteiger partial charge in [-0.1, -0.05) is 0 Å². The minimum absolute atomic E-state index is 0.118. The third kappa shape index (κ3) is 4.81. The number of fused-ring (bicyclic) bond motifs is 1. The molecule has 8 nitrogen and oxygen atoms in total. The van der Waals surface area contributed by atoms with E-state index < -0.39 is 9.84 Å². The molecule has 0 saturated heterocycles. The van der Waals surface area contributed by atoms with Gasteiger partial charge in [-0.05, 0) is 25.8 Å². The number of nitrogens with zero attached hydrogens (tertiary/aromatic N) is 2. The number of ether oxygens (including phenoxy) is 1. The van der Waals surface area contributed by atoms with Crippen molar-refractivity contribution in [3.05, 3.63) is 22.2 Å². The predicted molar refractivity (Wildman–Crippen MR) is 93.9 cm³/mol. The molecular formula is C15H24N4O4S. The minimum atomic E-state index is -2.98. The van der Waals surface area contributed by atoms with Gasteiger partial charge >= 0.3 is 5.69 Å². The van der Waals surface area contributed by atoms with E-state index in [0.29, 0.717) is 50.1 Å². The first-order chi connectivity index (χ1) is 11.3. The van der Waals surface area contributed by atoms with Crippen molar-refractivity contribution in [2.24, 2.45) is 0 Å². The number of pyridine rings is 1. The number of aromatic amines is 1. The molecule has 0 aliphatic heterocycles. The second kappa shape index (κ2) is 7.80. The molecule has 0 saturated carbocycles. The van der Waals surface area contributed by atoms with Crippen LogP contribution in [0.15, 0.2) is 10.9 Å². The van der Waals surface area contributed by atoms with E-state index in [4.69, 9.17) is 10.5 Å². The third-order valence-electron chi connectivity index (χ3n) is 3.70. The Kier molecular flexibility index (Phi) is 6.00. The van der Waals surface area contributed by atoms with E-state index in [-0.39, 0.29) is 17.3 Å². The Morgan fingerprint density at radius 2 is 2.12 bits per heavy atom. The second-order valence-corrected chi connectivity index (χ2v) is 8.02. The summed E-state index contributed by atoms with van der Waals surface area (Å²) in [5, 5.41) is 0. The lowest BCUT2D eigenvalue weighted by molar-refractivity contribution is 0.150. The number of aryl methyl sites for hydroxylation is 1. The molecule has 0 amide bonds. The Hall–Kier alpha value is -1.87. The van der Waals surface area contributed by atoms with Crippen LogP contribution in [0.25, 0.3) is 11.0 Å². The highest BCUT2D eigenvalue weighted by Crippen LogP contribution is 2.18. The van der Waals surface area contributed by atoms with Crippen LogP contribution in [0.3, 0.4) is 0 Å². The molecule has 0 atom stereocenters. The van der Waals surface area contributed by atoms with Crippen LogP contribution >= 0.6 is 0 Å². The summed E-state index contributed by atoms with van der Waals surface area (Å²) >= 11 is 0. The molecule has 0 unspecified atom stereocenters. The average Bonchev–Trinajstić information content (AvgIpc) is 2.80. The molecule has 0 bridgehead atoms. The van der Waals surface area contributed by atoms with Gasteiger partial charge in [-0.25, -0.2) is 18.2 Å². The molecule has 24 heavy (non-hydrogen) atoms.